The molecule has 3 aliphatic heterocycles. The van der Waals surface area contributed by atoms with Gasteiger partial charge in [-0.15, -0.1) is 0 Å². The molecule has 0 radical (unpaired) electrons. The van der Waals surface area contributed by atoms with E-state index in [1.165, 1.54) is 18.2 Å². The van der Waals surface area contributed by atoms with Crippen molar-refractivity contribution in [3.05, 3.63) is 29.6 Å². The number of benzene rings is 1. The van der Waals surface area contributed by atoms with E-state index in [-0.39, 0.29) is 24.1 Å². The Kier molecular flexibility index (Phi) is 5.41. The molecule has 146 valence electrons. The Morgan fingerprint density at radius 3 is 2.67 bits per heavy atom. The molecule has 0 spiro atoms. The first-order chi connectivity index (χ1) is 13.1. The molecule has 1 aromatic carbocycles. The summed E-state index contributed by atoms with van der Waals surface area (Å²) in [4.78, 5) is 29.4. The average Bonchev–Trinajstić information content (AvgIpc) is 2.68. The van der Waals surface area contributed by atoms with E-state index in [9.17, 15) is 14.0 Å². The van der Waals surface area contributed by atoms with Crippen molar-refractivity contribution < 1.29 is 18.7 Å². The van der Waals surface area contributed by atoms with Gasteiger partial charge in [0, 0.05) is 44.8 Å². The van der Waals surface area contributed by atoms with Crippen LogP contribution in [0.1, 0.15) is 30.7 Å². The Balaban J connectivity index is 1.38. The smallest absolute Gasteiger partial charge is 0.230 e. The van der Waals surface area contributed by atoms with Crippen LogP contribution in [0.3, 0.4) is 0 Å². The van der Waals surface area contributed by atoms with Crippen molar-refractivity contribution in [2.24, 2.45) is 5.92 Å². The van der Waals surface area contributed by atoms with Gasteiger partial charge in [0.15, 0.2) is 0 Å². The Morgan fingerprint density at radius 1 is 1.19 bits per heavy atom. The summed E-state index contributed by atoms with van der Waals surface area (Å²) in [7, 11) is 0. The SMILES string of the molecule is O=C1C[C@@H](C(=O)N2CCC(CN3CCOCC3)CC2)c2cc(F)ccc2N1. The predicted molar refractivity (Wildman–Crippen MR) is 99.0 cm³/mol. The number of nitrogens with zero attached hydrogens (tertiary/aromatic N) is 2. The Labute approximate surface area is 158 Å². The highest BCUT2D eigenvalue weighted by Gasteiger charge is 2.35. The molecule has 0 bridgehead atoms. The Morgan fingerprint density at radius 2 is 1.93 bits per heavy atom. The second-order valence-electron chi connectivity index (χ2n) is 7.72. The number of carbonyl (C=O) groups is 2. The normalized spacial score (nSPS) is 24.4. The molecule has 1 atom stereocenters. The average molecular weight is 375 g/mol. The lowest BCUT2D eigenvalue weighted by Gasteiger charge is -2.38. The standard InChI is InChI=1S/C20H26FN3O3/c21-15-1-2-18-16(11-15)17(12-19(25)22-18)20(26)24-5-3-14(4-6-24)13-23-7-9-27-10-8-23/h1-2,11,14,17H,3-10,12-13H2,(H,22,25)/t17-/m1/s1. The number of fused-ring (bicyclic) bond motifs is 1. The molecular formula is C20H26FN3O3. The fraction of sp³-hybridized carbons (Fsp3) is 0.600. The van der Waals surface area contributed by atoms with Gasteiger partial charge in [0.05, 0.1) is 19.1 Å². The van der Waals surface area contributed by atoms with Crippen LogP contribution < -0.4 is 5.32 Å². The molecule has 2 amide bonds. The highest BCUT2D eigenvalue weighted by Crippen LogP contribution is 2.35. The van der Waals surface area contributed by atoms with Crippen LogP contribution in [0.4, 0.5) is 10.1 Å². The third-order valence-electron chi connectivity index (χ3n) is 5.90. The Bertz CT molecular complexity index is 712. The molecule has 0 unspecified atom stereocenters. The van der Waals surface area contributed by atoms with Crippen molar-refractivity contribution in [3.63, 3.8) is 0 Å². The zero-order chi connectivity index (χ0) is 18.8. The summed E-state index contributed by atoms with van der Waals surface area (Å²) in [6.45, 7) is 6.05. The molecule has 1 N–H and O–H groups in total. The highest BCUT2D eigenvalue weighted by atomic mass is 19.1. The van der Waals surface area contributed by atoms with E-state index in [1.54, 1.807) is 0 Å². The molecule has 3 heterocycles. The molecule has 0 aromatic heterocycles. The zero-order valence-corrected chi connectivity index (χ0v) is 15.5. The first kappa shape index (κ1) is 18.4. The maximum Gasteiger partial charge on any atom is 0.230 e. The summed E-state index contributed by atoms with van der Waals surface area (Å²) in [5.74, 6) is -0.616. The van der Waals surface area contributed by atoms with Crippen LogP contribution in [-0.4, -0.2) is 67.6 Å². The van der Waals surface area contributed by atoms with Crippen molar-refractivity contribution in [1.82, 2.24) is 9.80 Å². The zero-order valence-electron chi connectivity index (χ0n) is 15.5. The van der Waals surface area contributed by atoms with Gasteiger partial charge in [0.2, 0.25) is 11.8 Å². The third kappa shape index (κ3) is 4.14. The van der Waals surface area contributed by atoms with Crippen molar-refractivity contribution >= 4 is 17.5 Å². The lowest BCUT2D eigenvalue weighted by atomic mass is 9.88. The number of piperidine rings is 1. The summed E-state index contributed by atoms with van der Waals surface area (Å²) < 4.78 is 19.1. The number of hydrogen-bond acceptors (Lipinski definition) is 4. The van der Waals surface area contributed by atoms with Gasteiger partial charge < -0.3 is 15.0 Å². The van der Waals surface area contributed by atoms with Gasteiger partial charge in [0.1, 0.15) is 5.82 Å². The number of amides is 2. The molecule has 0 saturated carbocycles. The van der Waals surface area contributed by atoms with Crippen LogP contribution in [0, 0.1) is 11.7 Å². The van der Waals surface area contributed by atoms with Crippen LogP contribution in [-0.2, 0) is 14.3 Å². The largest absolute Gasteiger partial charge is 0.379 e. The number of hydrogen-bond donors (Lipinski definition) is 1. The summed E-state index contributed by atoms with van der Waals surface area (Å²) in [6.07, 6.45) is 2.03. The van der Waals surface area contributed by atoms with Crippen LogP contribution in [0.25, 0.3) is 0 Å². The number of likely N-dealkylation sites (tertiary alicyclic amines) is 1. The van der Waals surface area contributed by atoms with E-state index in [0.717, 1.165) is 45.7 Å². The van der Waals surface area contributed by atoms with Crippen molar-refractivity contribution in [2.75, 3.05) is 51.3 Å². The number of morpholine rings is 1. The van der Waals surface area contributed by atoms with E-state index in [1.807, 2.05) is 4.90 Å². The van der Waals surface area contributed by atoms with Crippen molar-refractivity contribution in [3.8, 4) is 0 Å². The molecule has 1 aromatic rings. The van der Waals surface area contributed by atoms with Gasteiger partial charge in [0.25, 0.3) is 0 Å². The van der Waals surface area contributed by atoms with Crippen LogP contribution in [0.2, 0.25) is 0 Å². The molecule has 7 heteroatoms. The molecule has 2 saturated heterocycles. The second-order valence-corrected chi connectivity index (χ2v) is 7.72. The lowest BCUT2D eigenvalue weighted by Crippen LogP contribution is -2.46. The number of ether oxygens (including phenoxy) is 1. The second kappa shape index (κ2) is 7.94. The number of halogens is 1. The molecule has 2 fully saturated rings. The van der Waals surface area contributed by atoms with E-state index < -0.39 is 5.92 Å². The minimum Gasteiger partial charge on any atom is -0.379 e. The van der Waals surface area contributed by atoms with Crippen LogP contribution in [0.15, 0.2) is 18.2 Å². The predicted octanol–water partition coefficient (Wildman–Crippen LogP) is 1.82. The van der Waals surface area contributed by atoms with Gasteiger partial charge in [-0.25, -0.2) is 4.39 Å². The van der Waals surface area contributed by atoms with Gasteiger partial charge in [-0.1, -0.05) is 0 Å². The van der Waals surface area contributed by atoms with Gasteiger partial charge in [-0.3, -0.25) is 14.5 Å². The first-order valence-corrected chi connectivity index (χ1v) is 9.78. The molecule has 0 aliphatic carbocycles. The summed E-state index contributed by atoms with van der Waals surface area (Å²) in [5.41, 5.74) is 1.14. The highest BCUT2D eigenvalue weighted by molar-refractivity contribution is 6.01. The van der Waals surface area contributed by atoms with E-state index in [2.05, 4.69) is 10.2 Å². The third-order valence-corrected chi connectivity index (χ3v) is 5.90. The maximum absolute atomic E-state index is 13.7. The minimum absolute atomic E-state index is 0.0541. The van der Waals surface area contributed by atoms with Gasteiger partial charge in [-0.2, -0.15) is 0 Å². The number of nitrogens with one attached hydrogen (secondary N) is 1. The van der Waals surface area contributed by atoms with Crippen molar-refractivity contribution in [1.29, 1.82) is 0 Å². The van der Waals surface area contributed by atoms with Crippen LogP contribution in [0.5, 0.6) is 0 Å². The first-order valence-electron chi connectivity index (χ1n) is 9.78. The molecule has 4 rings (SSSR count). The quantitative estimate of drug-likeness (QED) is 0.876. The number of anilines is 1. The van der Waals surface area contributed by atoms with Crippen LogP contribution >= 0.6 is 0 Å². The number of rotatable bonds is 3. The topological polar surface area (TPSA) is 61.9 Å². The molecule has 27 heavy (non-hydrogen) atoms. The fourth-order valence-corrected chi connectivity index (χ4v) is 4.36. The van der Waals surface area contributed by atoms with E-state index in [4.69, 9.17) is 4.74 Å². The Hall–Kier alpha value is -1.99. The molecular weight excluding hydrogens is 349 g/mol. The maximum atomic E-state index is 13.7. The van der Waals surface area contributed by atoms with Gasteiger partial charge in [-0.05, 0) is 42.5 Å². The summed E-state index contributed by atoms with van der Waals surface area (Å²) in [6, 6.07) is 4.22. The summed E-state index contributed by atoms with van der Waals surface area (Å²) in [5, 5.41) is 2.74. The monoisotopic (exact) mass is 375 g/mol. The number of carbonyl (C=O) groups excluding carboxylic acids is 2. The summed E-state index contributed by atoms with van der Waals surface area (Å²) >= 11 is 0. The fourth-order valence-electron chi connectivity index (χ4n) is 4.36. The van der Waals surface area contributed by atoms with E-state index in [0.29, 0.717) is 30.3 Å². The van der Waals surface area contributed by atoms with E-state index >= 15 is 0 Å². The molecule has 6 nitrogen and oxygen atoms in total. The molecule has 3 aliphatic rings. The minimum atomic E-state index is -0.583. The van der Waals surface area contributed by atoms with Crippen molar-refractivity contribution in [2.45, 2.75) is 25.2 Å². The lowest BCUT2D eigenvalue weighted by molar-refractivity contribution is -0.136. The van der Waals surface area contributed by atoms with Gasteiger partial charge >= 0.3 is 0 Å².